The normalized spacial score (nSPS) is 21.8. The van der Waals surface area contributed by atoms with E-state index in [4.69, 9.17) is 9.47 Å². The molecule has 0 aromatic heterocycles. The van der Waals surface area contributed by atoms with Crippen LogP contribution in [0.25, 0.3) is 0 Å². The fourth-order valence-corrected chi connectivity index (χ4v) is 2.50. The summed E-state index contributed by atoms with van der Waals surface area (Å²) in [6, 6.07) is 0. The number of hydrogen-bond donors (Lipinski definition) is 0. The minimum atomic E-state index is -1.11. The molecule has 5 nitrogen and oxygen atoms in total. The Kier molecular flexibility index (Phi) is 6.68. The monoisotopic (exact) mass is 284 g/mol. The van der Waals surface area contributed by atoms with Crippen molar-refractivity contribution < 1.29 is 23.9 Å². The fraction of sp³-hybridized carbons (Fsp3) is 0.800. The molecule has 1 aliphatic carbocycles. The summed E-state index contributed by atoms with van der Waals surface area (Å²) in [7, 11) is 0. The van der Waals surface area contributed by atoms with Gasteiger partial charge in [-0.1, -0.05) is 13.3 Å². The van der Waals surface area contributed by atoms with Crippen molar-refractivity contribution in [1.29, 1.82) is 0 Å². The van der Waals surface area contributed by atoms with Gasteiger partial charge in [0.1, 0.15) is 11.2 Å². The van der Waals surface area contributed by atoms with Crippen molar-refractivity contribution >= 4 is 17.7 Å². The molecular formula is C15H24O5. The molecule has 0 saturated heterocycles. The van der Waals surface area contributed by atoms with Crippen molar-refractivity contribution in [2.75, 3.05) is 13.2 Å². The van der Waals surface area contributed by atoms with Gasteiger partial charge in [0.25, 0.3) is 0 Å². The van der Waals surface area contributed by atoms with Crippen molar-refractivity contribution in [3.05, 3.63) is 0 Å². The van der Waals surface area contributed by atoms with Crippen LogP contribution in [0.5, 0.6) is 0 Å². The number of Topliss-reactive ketones (excluding diaryl/α,β-unsaturated/α-hetero) is 1. The topological polar surface area (TPSA) is 69.7 Å². The predicted molar refractivity (Wildman–Crippen MR) is 73.0 cm³/mol. The molecule has 0 N–H and O–H groups in total. The number of carbonyl (C=O) groups excluding carboxylic acids is 3. The van der Waals surface area contributed by atoms with Gasteiger partial charge in [-0.05, 0) is 32.6 Å². The van der Waals surface area contributed by atoms with Gasteiger partial charge in [-0.25, -0.2) is 0 Å². The Labute approximate surface area is 120 Å². The molecule has 1 rings (SSSR count). The maximum Gasteiger partial charge on any atom is 0.319 e. The Morgan fingerprint density at radius 3 is 2.55 bits per heavy atom. The second-order valence-corrected chi connectivity index (χ2v) is 5.15. The lowest BCUT2D eigenvalue weighted by molar-refractivity contribution is -0.160. The summed E-state index contributed by atoms with van der Waals surface area (Å²) in [5.74, 6) is -0.928. The standard InChI is InChI=1S/C15H24O5/c1-3-5-11-20-13(17)8-10-15(14(18)19-4-2)9-6-7-12(15)16/h3-11H2,1-2H3. The first kappa shape index (κ1) is 16.7. The highest BCUT2D eigenvalue weighted by Crippen LogP contribution is 2.40. The van der Waals surface area contributed by atoms with E-state index in [0.29, 0.717) is 25.9 Å². The van der Waals surface area contributed by atoms with Crippen LogP contribution in [0.2, 0.25) is 0 Å². The highest BCUT2D eigenvalue weighted by atomic mass is 16.5. The first-order chi connectivity index (χ1) is 9.56. The molecule has 5 heteroatoms. The molecule has 0 radical (unpaired) electrons. The van der Waals surface area contributed by atoms with Crippen LogP contribution in [0.15, 0.2) is 0 Å². The van der Waals surface area contributed by atoms with Gasteiger partial charge in [0.15, 0.2) is 0 Å². The fourth-order valence-electron chi connectivity index (χ4n) is 2.50. The van der Waals surface area contributed by atoms with E-state index in [1.807, 2.05) is 6.92 Å². The van der Waals surface area contributed by atoms with Gasteiger partial charge in [0.2, 0.25) is 0 Å². The maximum absolute atomic E-state index is 12.1. The predicted octanol–water partition coefficient (Wildman–Crippen LogP) is 2.41. The van der Waals surface area contributed by atoms with Crippen LogP contribution < -0.4 is 0 Å². The quantitative estimate of drug-likeness (QED) is 0.389. The van der Waals surface area contributed by atoms with E-state index in [9.17, 15) is 14.4 Å². The summed E-state index contributed by atoms with van der Waals surface area (Å²) in [6.45, 7) is 4.37. The third-order valence-corrected chi connectivity index (χ3v) is 3.72. The smallest absolute Gasteiger partial charge is 0.319 e. The third-order valence-electron chi connectivity index (χ3n) is 3.72. The lowest BCUT2D eigenvalue weighted by Crippen LogP contribution is -2.37. The molecule has 1 atom stereocenters. The van der Waals surface area contributed by atoms with Crippen LogP contribution in [0.3, 0.4) is 0 Å². The molecule has 114 valence electrons. The Balaban J connectivity index is 2.56. The van der Waals surface area contributed by atoms with Crippen LogP contribution in [0.4, 0.5) is 0 Å². The summed E-state index contributed by atoms with van der Waals surface area (Å²) in [5, 5.41) is 0. The molecule has 0 amide bonds. The molecule has 1 saturated carbocycles. The Bertz CT molecular complexity index is 363. The minimum Gasteiger partial charge on any atom is -0.466 e. The molecular weight excluding hydrogens is 260 g/mol. The SMILES string of the molecule is CCCCOC(=O)CCC1(C(=O)OCC)CCCC1=O. The molecule has 20 heavy (non-hydrogen) atoms. The molecule has 0 spiro atoms. The number of unbranched alkanes of at least 4 members (excludes halogenated alkanes) is 1. The highest BCUT2D eigenvalue weighted by Gasteiger charge is 2.49. The molecule has 1 aliphatic rings. The van der Waals surface area contributed by atoms with E-state index >= 15 is 0 Å². The van der Waals surface area contributed by atoms with E-state index in [-0.39, 0.29) is 31.2 Å². The number of rotatable bonds is 8. The van der Waals surface area contributed by atoms with Crippen LogP contribution >= 0.6 is 0 Å². The van der Waals surface area contributed by atoms with Crippen molar-refractivity contribution in [1.82, 2.24) is 0 Å². The Morgan fingerprint density at radius 2 is 2.00 bits per heavy atom. The average Bonchev–Trinajstić information content (AvgIpc) is 2.79. The molecule has 1 unspecified atom stereocenters. The summed E-state index contributed by atoms with van der Waals surface area (Å²) < 4.78 is 10.1. The Hall–Kier alpha value is -1.39. The van der Waals surface area contributed by atoms with Crippen molar-refractivity contribution in [2.24, 2.45) is 5.41 Å². The Morgan fingerprint density at radius 1 is 1.25 bits per heavy atom. The van der Waals surface area contributed by atoms with E-state index < -0.39 is 11.4 Å². The first-order valence-electron chi connectivity index (χ1n) is 7.43. The van der Waals surface area contributed by atoms with Gasteiger partial charge in [0.05, 0.1) is 13.2 Å². The van der Waals surface area contributed by atoms with Gasteiger partial charge < -0.3 is 9.47 Å². The zero-order chi connectivity index (χ0) is 15.0. The molecule has 1 fully saturated rings. The van der Waals surface area contributed by atoms with Crippen molar-refractivity contribution in [3.8, 4) is 0 Å². The zero-order valence-electron chi connectivity index (χ0n) is 12.4. The van der Waals surface area contributed by atoms with Crippen molar-refractivity contribution in [3.63, 3.8) is 0 Å². The van der Waals surface area contributed by atoms with E-state index in [2.05, 4.69) is 0 Å². The number of esters is 2. The number of carbonyl (C=O) groups is 3. The minimum absolute atomic E-state index is 0.0915. The van der Waals surface area contributed by atoms with Gasteiger partial charge in [0, 0.05) is 12.8 Å². The number of ether oxygens (including phenoxy) is 2. The lowest BCUT2D eigenvalue weighted by atomic mass is 9.80. The van der Waals surface area contributed by atoms with Gasteiger partial charge >= 0.3 is 11.9 Å². The number of ketones is 1. The third kappa shape index (κ3) is 4.05. The summed E-state index contributed by atoms with van der Waals surface area (Å²) in [4.78, 5) is 35.7. The van der Waals surface area contributed by atoms with Crippen LogP contribution in [-0.2, 0) is 23.9 Å². The van der Waals surface area contributed by atoms with Gasteiger partial charge in [-0.15, -0.1) is 0 Å². The second kappa shape index (κ2) is 8.02. The van der Waals surface area contributed by atoms with E-state index in [1.165, 1.54) is 0 Å². The molecule has 0 aromatic rings. The van der Waals surface area contributed by atoms with Crippen LogP contribution in [-0.4, -0.2) is 30.9 Å². The average molecular weight is 284 g/mol. The van der Waals surface area contributed by atoms with Crippen LogP contribution in [0.1, 0.15) is 58.8 Å². The van der Waals surface area contributed by atoms with Gasteiger partial charge in [-0.2, -0.15) is 0 Å². The summed E-state index contributed by atoms with van der Waals surface area (Å²) in [6.07, 6.45) is 3.63. The lowest BCUT2D eigenvalue weighted by Gasteiger charge is -2.24. The molecule has 0 bridgehead atoms. The maximum atomic E-state index is 12.1. The van der Waals surface area contributed by atoms with Gasteiger partial charge in [-0.3, -0.25) is 14.4 Å². The van der Waals surface area contributed by atoms with Crippen LogP contribution in [0, 0.1) is 5.41 Å². The second-order valence-electron chi connectivity index (χ2n) is 5.15. The van der Waals surface area contributed by atoms with E-state index in [1.54, 1.807) is 6.92 Å². The van der Waals surface area contributed by atoms with Crippen molar-refractivity contribution in [2.45, 2.75) is 58.8 Å². The highest BCUT2D eigenvalue weighted by molar-refractivity contribution is 6.05. The molecule has 0 heterocycles. The van der Waals surface area contributed by atoms with E-state index in [0.717, 1.165) is 12.8 Å². The largest absolute Gasteiger partial charge is 0.466 e. The first-order valence-corrected chi connectivity index (χ1v) is 7.43. The summed E-state index contributed by atoms with van der Waals surface area (Å²) >= 11 is 0. The zero-order valence-corrected chi connectivity index (χ0v) is 12.4. The molecule has 0 aromatic carbocycles. The number of hydrogen-bond acceptors (Lipinski definition) is 5. The molecule has 0 aliphatic heterocycles. The summed E-state index contributed by atoms with van der Waals surface area (Å²) in [5.41, 5.74) is -1.11.